The summed E-state index contributed by atoms with van der Waals surface area (Å²) < 4.78 is 0. The van der Waals surface area contributed by atoms with Gasteiger partial charge in [0.2, 0.25) is 0 Å². The highest BCUT2D eigenvalue weighted by atomic mass is 14.9. The molecule has 0 amide bonds. The van der Waals surface area contributed by atoms with Gasteiger partial charge in [0, 0.05) is 0 Å². The van der Waals surface area contributed by atoms with Gasteiger partial charge >= 0.3 is 0 Å². The molecular weight excluding hydrogens is 206 g/mol. The first-order valence-corrected chi connectivity index (χ1v) is 7.38. The number of aliphatic imine (C=N–C) groups is 1. The van der Waals surface area contributed by atoms with E-state index in [2.05, 4.69) is 39.4 Å². The van der Waals surface area contributed by atoms with Crippen molar-refractivity contribution in [1.82, 2.24) is 0 Å². The van der Waals surface area contributed by atoms with Crippen LogP contribution < -0.4 is 0 Å². The first-order chi connectivity index (χ1) is 7.90. The van der Waals surface area contributed by atoms with E-state index in [0.717, 1.165) is 29.6 Å². The number of hydrogen-bond acceptors (Lipinski definition) is 1. The second-order valence-corrected chi connectivity index (χ2v) is 7.84. The lowest BCUT2D eigenvalue weighted by atomic mass is 9.56. The molecule has 17 heavy (non-hydrogen) atoms. The molecule has 96 valence electrons. The predicted molar refractivity (Wildman–Crippen MR) is 73.3 cm³/mol. The van der Waals surface area contributed by atoms with E-state index in [1.807, 2.05) is 0 Å². The third-order valence-electron chi connectivity index (χ3n) is 6.71. The molecule has 0 radical (unpaired) electrons. The Morgan fingerprint density at radius 1 is 1.18 bits per heavy atom. The van der Waals surface area contributed by atoms with Gasteiger partial charge in [0.25, 0.3) is 0 Å². The second-order valence-electron chi connectivity index (χ2n) is 7.84. The maximum Gasteiger partial charge on any atom is 0.0634 e. The van der Waals surface area contributed by atoms with Crippen molar-refractivity contribution in [2.75, 3.05) is 0 Å². The minimum Gasteiger partial charge on any atom is -0.294 e. The van der Waals surface area contributed by atoms with Crippen LogP contribution in [0.2, 0.25) is 0 Å². The van der Waals surface area contributed by atoms with Gasteiger partial charge in [-0.05, 0) is 74.3 Å². The van der Waals surface area contributed by atoms with Gasteiger partial charge in [-0.3, -0.25) is 4.99 Å². The first kappa shape index (κ1) is 11.7. The molecule has 3 aliphatic rings. The van der Waals surface area contributed by atoms with Crippen molar-refractivity contribution in [2.24, 2.45) is 40.0 Å². The standard InChI is InChI=1S/C16H27N/c1-10(2)13-7-14-15(3)8-11(13)6-12(9-15)16(14,4)17-5/h10-14H,5-9H2,1-4H3/t11-,12+,13+,14-,15-,16-/m1/s1. The van der Waals surface area contributed by atoms with E-state index >= 15 is 0 Å². The average molecular weight is 233 g/mol. The lowest BCUT2D eigenvalue weighted by molar-refractivity contribution is 0.0103. The summed E-state index contributed by atoms with van der Waals surface area (Å²) in [4.78, 5) is 4.63. The van der Waals surface area contributed by atoms with E-state index < -0.39 is 0 Å². The first-order valence-electron chi connectivity index (χ1n) is 7.38. The number of rotatable bonds is 2. The van der Waals surface area contributed by atoms with Crippen LogP contribution in [0.4, 0.5) is 0 Å². The molecule has 0 heterocycles. The van der Waals surface area contributed by atoms with Crippen LogP contribution in [0, 0.1) is 35.0 Å². The van der Waals surface area contributed by atoms with Crippen molar-refractivity contribution < 1.29 is 0 Å². The molecule has 0 aliphatic heterocycles. The molecular formula is C16H27N. The van der Waals surface area contributed by atoms with Crippen LogP contribution in [-0.2, 0) is 0 Å². The Labute approximate surface area is 106 Å². The molecule has 0 aromatic rings. The fourth-order valence-corrected chi connectivity index (χ4v) is 5.87. The zero-order valence-electron chi connectivity index (χ0n) is 11.9. The van der Waals surface area contributed by atoms with Crippen molar-refractivity contribution >= 4 is 6.72 Å². The number of fused-ring (bicyclic) bond motifs is 2. The molecule has 0 aromatic heterocycles. The molecule has 1 nitrogen and oxygen atoms in total. The van der Waals surface area contributed by atoms with Crippen molar-refractivity contribution in [1.29, 1.82) is 0 Å². The monoisotopic (exact) mass is 233 g/mol. The van der Waals surface area contributed by atoms with E-state index in [-0.39, 0.29) is 5.54 Å². The SMILES string of the molecule is C=N[C@]1(C)[C@H]2C[C@@H]3C[C@](C)(C2)[C@H]1C[C@H]3C(C)C. The number of nitrogens with zero attached hydrogens (tertiary/aromatic N) is 1. The van der Waals surface area contributed by atoms with Crippen LogP contribution in [-0.4, -0.2) is 12.3 Å². The molecule has 0 saturated heterocycles. The van der Waals surface area contributed by atoms with Crippen LogP contribution >= 0.6 is 0 Å². The molecule has 0 spiro atoms. The predicted octanol–water partition coefficient (Wildman–Crippen LogP) is 4.17. The summed E-state index contributed by atoms with van der Waals surface area (Å²) in [7, 11) is 0. The van der Waals surface area contributed by atoms with Gasteiger partial charge in [0.05, 0.1) is 5.54 Å². The van der Waals surface area contributed by atoms with E-state index in [4.69, 9.17) is 0 Å². The Balaban J connectivity index is 2.02. The Morgan fingerprint density at radius 3 is 2.47 bits per heavy atom. The Hall–Kier alpha value is -0.330. The molecule has 0 aromatic carbocycles. The molecule has 3 fully saturated rings. The molecule has 0 N–H and O–H groups in total. The summed E-state index contributed by atoms with van der Waals surface area (Å²) in [5.41, 5.74) is 0.766. The smallest absolute Gasteiger partial charge is 0.0634 e. The van der Waals surface area contributed by atoms with E-state index in [1.54, 1.807) is 0 Å². The fraction of sp³-hybridized carbons (Fsp3) is 0.938. The molecule has 6 atom stereocenters. The topological polar surface area (TPSA) is 12.4 Å². The van der Waals surface area contributed by atoms with E-state index in [0.29, 0.717) is 5.41 Å². The van der Waals surface area contributed by atoms with Gasteiger partial charge in [0.1, 0.15) is 0 Å². The third kappa shape index (κ3) is 1.34. The van der Waals surface area contributed by atoms with Gasteiger partial charge in [-0.1, -0.05) is 20.8 Å². The summed E-state index contributed by atoms with van der Waals surface area (Å²) >= 11 is 0. The van der Waals surface area contributed by atoms with Crippen LogP contribution in [0.1, 0.15) is 53.4 Å². The zero-order valence-corrected chi connectivity index (χ0v) is 11.9. The molecule has 3 bridgehead atoms. The van der Waals surface area contributed by atoms with Crippen molar-refractivity contribution in [2.45, 2.75) is 58.9 Å². The maximum atomic E-state index is 4.63. The normalized spacial score (nSPS) is 56.5. The van der Waals surface area contributed by atoms with Crippen LogP contribution in [0.3, 0.4) is 0 Å². The Kier molecular flexibility index (Phi) is 2.32. The lowest BCUT2D eigenvalue weighted by Crippen LogP contribution is -2.42. The van der Waals surface area contributed by atoms with Gasteiger partial charge in [-0.15, -0.1) is 0 Å². The van der Waals surface area contributed by atoms with Crippen LogP contribution in [0.15, 0.2) is 4.99 Å². The molecule has 3 rings (SSSR count). The van der Waals surface area contributed by atoms with Gasteiger partial charge in [-0.2, -0.15) is 0 Å². The highest BCUT2D eigenvalue weighted by Gasteiger charge is 2.64. The summed E-state index contributed by atoms with van der Waals surface area (Å²) in [6.45, 7) is 13.7. The summed E-state index contributed by atoms with van der Waals surface area (Å²) in [5.74, 6) is 4.37. The molecule has 1 heteroatoms. The van der Waals surface area contributed by atoms with Crippen molar-refractivity contribution in [3.63, 3.8) is 0 Å². The minimum absolute atomic E-state index is 0.188. The Morgan fingerprint density at radius 2 is 1.88 bits per heavy atom. The Bertz CT molecular complexity index is 347. The molecule has 3 saturated carbocycles. The fourth-order valence-electron chi connectivity index (χ4n) is 5.87. The van der Waals surface area contributed by atoms with Gasteiger partial charge < -0.3 is 0 Å². The summed E-state index contributed by atoms with van der Waals surface area (Å²) in [6, 6.07) is 0. The van der Waals surface area contributed by atoms with Gasteiger partial charge in [0.15, 0.2) is 0 Å². The van der Waals surface area contributed by atoms with Crippen LogP contribution in [0.25, 0.3) is 0 Å². The number of hydrogen-bond donors (Lipinski definition) is 0. The van der Waals surface area contributed by atoms with E-state index in [1.165, 1.54) is 25.7 Å². The highest BCUT2D eigenvalue weighted by Crippen LogP contribution is 2.69. The maximum absolute atomic E-state index is 4.63. The van der Waals surface area contributed by atoms with Crippen molar-refractivity contribution in [3.05, 3.63) is 0 Å². The van der Waals surface area contributed by atoms with Gasteiger partial charge in [-0.25, -0.2) is 0 Å². The summed E-state index contributed by atoms with van der Waals surface area (Å²) in [5, 5.41) is 0. The molecule has 3 aliphatic carbocycles. The third-order valence-corrected chi connectivity index (χ3v) is 6.71. The molecule has 0 unspecified atom stereocenters. The zero-order chi connectivity index (χ0) is 12.4. The largest absolute Gasteiger partial charge is 0.294 e. The van der Waals surface area contributed by atoms with Crippen LogP contribution in [0.5, 0.6) is 0 Å². The van der Waals surface area contributed by atoms with Crippen molar-refractivity contribution in [3.8, 4) is 0 Å². The van der Waals surface area contributed by atoms with E-state index in [9.17, 15) is 0 Å². The highest BCUT2D eigenvalue weighted by molar-refractivity contribution is 5.30. The minimum atomic E-state index is 0.188. The average Bonchev–Trinajstić information content (AvgIpc) is 2.35. The summed E-state index contributed by atoms with van der Waals surface area (Å²) in [6.07, 6.45) is 5.70. The second kappa shape index (κ2) is 3.36. The quantitative estimate of drug-likeness (QED) is 0.635. The lowest BCUT2D eigenvalue weighted by Gasteiger charge is -2.49.